The van der Waals surface area contributed by atoms with Crippen molar-refractivity contribution >= 4 is 29.3 Å². The lowest BCUT2D eigenvalue weighted by Gasteiger charge is -2.34. The molecule has 2 fully saturated rings. The second-order valence-corrected chi connectivity index (χ2v) is 7.53. The molecule has 28 heavy (non-hydrogen) atoms. The number of nitrogens with zero attached hydrogens (tertiary/aromatic N) is 3. The normalized spacial score (nSPS) is 18.1. The number of nitrogens with one attached hydrogen (secondary N) is 2. The van der Waals surface area contributed by atoms with Crippen molar-refractivity contribution in [2.45, 2.75) is 12.8 Å². The van der Waals surface area contributed by atoms with Crippen molar-refractivity contribution in [1.82, 2.24) is 25.6 Å². The monoisotopic (exact) mass is 407 g/mol. The fraction of sp³-hybridized carbons (Fsp3) is 0.526. The summed E-state index contributed by atoms with van der Waals surface area (Å²) in [7, 11) is 0. The number of hydrogen-bond donors (Lipinski definition) is 2. The summed E-state index contributed by atoms with van der Waals surface area (Å²) < 4.78 is 0. The molecule has 9 heteroatoms. The smallest absolute Gasteiger partial charge is 0.271 e. The molecule has 0 bridgehead atoms. The highest BCUT2D eigenvalue weighted by Gasteiger charge is 2.24. The molecule has 3 amide bonds. The largest absolute Gasteiger partial charge is 0.342 e. The van der Waals surface area contributed by atoms with Crippen LogP contribution in [0.5, 0.6) is 0 Å². The van der Waals surface area contributed by atoms with Gasteiger partial charge in [-0.15, -0.1) is 0 Å². The maximum absolute atomic E-state index is 12.2. The van der Waals surface area contributed by atoms with Crippen LogP contribution in [-0.4, -0.2) is 84.8 Å². The van der Waals surface area contributed by atoms with Crippen LogP contribution in [0.3, 0.4) is 0 Å². The van der Waals surface area contributed by atoms with E-state index in [1.165, 1.54) is 0 Å². The van der Waals surface area contributed by atoms with Crippen LogP contribution in [0.25, 0.3) is 0 Å². The van der Waals surface area contributed by atoms with Gasteiger partial charge < -0.3 is 4.90 Å². The summed E-state index contributed by atoms with van der Waals surface area (Å²) in [5.41, 5.74) is 5.11. The van der Waals surface area contributed by atoms with Gasteiger partial charge in [0, 0.05) is 39.3 Å². The third-order valence-electron chi connectivity index (χ3n) is 5.08. The lowest BCUT2D eigenvalue weighted by molar-refractivity contribution is -0.132. The fourth-order valence-corrected chi connectivity index (χ4v) is 3.67. The molecule has 0 saturated carbocycles. The van der Waals surface area contributed by atoms with Gasteiger partial charge in [-0.05, 0) is 25.0 Å². The minimum Gasteiger partial charge on any atom is -0.342 e. The Morgan fingerprint density at radius 1 is 0.857 bits per heavy atom. The third kappa shape index (κ3) is 5.67. The number of rotatable bonds is 5. The van der Waals surface area contributed by atoms with Gasteiger partial charge in [-0.2, -0.15) is 0 Å². The summed E-state index contributed by atoms with van der Waals surface area (Å²) in [4.78, 5) is 42.4. The van der Waals surface area contributed by atoms with Crippen LogP contribution in [0, 0.1) is 0 Å². The molecule has 152 valence electrons. The van der Waals surface area contributed by atoms with E-state index in [-0.39, 0.29) is 18.4 Å². The number of halogens is 1. The minimum atomic E-state index is -0.454. The van der Waals surface area contributed by atoms with E-state index in [1.807, 2.05) is 9.80 Å². The summed E-state index contributed by atoms with van der Waals surface area (Å²) >= 11 is 5.97. The molecule has 0 aromatic heterocycles. The molecule has 8 nitrogen and oxygen atoms in total. The van der Waals surface area contributed by atoms with Crippen LogP contribution in [0.2, 0.25) is 5.02 Å². The molecule has 1 aromatic carbocycles. The zero-order valence-corrected chi connectivity index (χ0v) is 16.6. The lowest BCUT2D eigenvalue weighted by Crippen LogP contribution is -2.53. The molecule has 0 aliphatic carbocycles. The van der Waals surface area contributed by atoms with Crippen molar-refractivity contribution in [3.63, 3.8) is 0 Å². The highest BCUT2D eigenvalue weighted by Crippen LogP contribution is 2.14. The number of likely N-dealkylation sites (tertiary alicyclic amines) is 1. The third-order valence-corrected chi connectivity index (χ3v) is 5.41. The Hall–Kier alpha value is -2.16. The Morgan fingerprint density at radius 2 is 1.46 bits per heavy atom. The zero-order chi connectivity index (χ0) is 19.9. The van der Waals surface area contributed by atoms with Crippen LogP contribution in [0.1, 0.15) is 23.2 Å². The van der Waals surface area contributed by atoms with E-state index in [4.69, 9.17) is 11.6 Å². The van der Waals surface area contributed by atoms with E-state index in [1.54, 1.807) is 24.3 Å². The van der Waals surface area contributed by atoms with Crippen LogP contribution >= 0.6 is 11.6 Å². The zero-order valence-electron chi connectivity index (χ0n) is 15.8. The van der Waals surface area contributed by atoms with Crippen molar-refractivity contribution in [1.29, 1.82) is 0 Å². The van der Waals surface area contributed by atoms with Crippen molar-refractivity contribution in [3.05, 3.63) is 34.9 Å². The maximum Gasteiger partial charge on any atom is 0.271 e. The molecule has 0 unspecified atom stereocenters. The highest BCUT2D eigenvalue weighted by atomic mass is 35.5. The van der Waals surface area contributed by atoms with Gasteiger partial charge in [-0.1, -0.05) is 23.7 Å². The molecule has 2 heterocycles. The van der Waals surface area contributed by atoms with Crippen molar-refractivity contribution in [3.8, 4) is 0 Å². The van der Waals surface area contributed by atoms with Crippen molar-refractivity contribution in [2.24, 2.45) is 0 Å². The predicted molar refractivity (Wildman–Crippen MR) is 106 cm³/mol. The maximum atomic E-state index is 12.2. The SMILES string of the molecule is O=C(CN1CCN(CC(=O)N2CCCC2)CC1)NNC(=O)c1ccccc1Cl. The molecule has 2 saturated heterocycles. The number of piperazine rings is 1. The molecule has 0 spiro atoms. The molecule has 0 atom stereocenters. The van der Waals surface area contributed by atoms with Crippen LogP contribution < -0.4 is 10.9 Å². The first-order chi connectivity index (χ1) is 13.5. The number of amides is 3. The Bertz CT molecular complexity index is 715. The summed E-state index contributed by atoms with van der Waals surface area (Å²) in [6.07, 6.45) is 2.20. The number of carbonyl (C=O) groups is 3. The number of benzene rings is 1. The Kier molecular flexibility index (Phi) is 7.24. The van der Waals surface area contributed by atoms with Gasteiger partial charge in [-0.3, -0.25) is 35.0 Å². The van der Waals surface area contributed by atoms with Crippen molar-refractivity contribution in [2.75, 3.05) is 52.4 Å². The summed E-state index contributed by atoms with van der Waals surface area (Å²) in [5.74, 6) is -0.544. The average molecular weight is 408 g/mol. The minimum absolute atomic E-state index is 0.191. The van der Waals surface area contributed by atoms with E-state index >= 15 is 0 Å². The van der Waals surface area contributed by atoms with Gasteiger partial charge in [0.1, 0.15) is 0 Å². The van der Waals surface area contributed by atoms with E-state index < -0.39 is 5.91 Å². The quantitative estimate of drug-likeness (QED) is 0.688. The summed E-state index contributed by atoms with van der Waals surface area (Å²) in [6, 6.07) is 6.64. The topological polar surface area (TPSA) is 85.0 Å². The molecular formula is C19H26ClN5O3. The highest BCUT2D eigenvalue weighted by molar-refractivity contribution is 6.33. The Labute approximate surface area is 169 Å². The molecule has 2 aliphatic heterocycles. The molecule has 1 aromatic rings. The van der Waals surface area contributed by atoms with Gasteiger partial charge in [-0.25, -0.2) is 0 Å². The second-order valence-electron chi connectivity index (χ2n) is 7.12. The molecule has 2 N–H and O–H groups in total. The number of carbonyl (C=O) groups excluding carboxylic acids is 3. The first-order valence-electron chi connectivity index (χ1n) is 9.59. The van der Waals surface area contributed by atoms with Crippen LogP contribution in [0.4, 0.5) is 0 Å². The lowest BCUT2D eigenvalue weighted by atomic mass is 10.2. The summed E-state index contributed by atoms with van der Waals surface area (Å²) in [6.45, 7) is 5.30. The van der Waals surface area contributed by atoms with Crippen LogP contribution in [-0.2, 0) is 9.59 Å². The molecule has 0 radical (unpaired) electrons. The van der Waals surface area contributed by atoms with E-state index in [0.29, 0.717) is 30.2 Å². The Balaban J connectivity index is 1.35. The molecular weight excluding hydrogens is 382 g/mol. The second kappa shape index (κ2) is 9.86. The number of hydrazine groups is 1. The standard InChI is InChI=1S/C19H26ClN5O3/c20-16-6-2-1-5-15(16)19(28)22-21-17(26)13-23-9-11-24(12-10-23)14-18(27)25-7-3-4-8-25/h1-2,5-6H,3-4,7-14H2,(H,21,26)(H,22,28). The first kappa shape index (κ1) is 20.6. The predicted octanol–water partition coefficient (Wildman–Crippen LogP) is 0.341. The van der Waals surface area contributed by atoms with Gasteiger partial charge in [0.2, 0.25) is 5.91 Å². The average Bonchev–Trinajstić information content (AvgIpc) is 3.23. The number of hydrogen-bond acceptors (Lipinski definition) is 5. The van der Waals surface area contributed by atoms with Crippen LogP contribution in [0.15, 0.2) is 24.3 Å². The summed E-state index contributed by atoms with van der Waals surface area (Å²) in [5, 5.41) is 0.328. The van der Waals surface area contributed by atoms with E-state index in [0.717, 1.165) is 39.0 Å². The van der Waals surface area contributed by atoms with Crippen molar-refractivity contribution < 1.29 is 14.4 Å². The van der Waals surface area contributed by atoms with E-state index in [9.17, 15) is 14.4 Å². The van der Waals surface area contributed by atoms with Gasteiger partial charge >= 0.3 is 0 Å². The molecule has 2 aliphatic rings. The van der Waals surface area contributed by atoms with Gasteiger partial charge in [0.25, 0.3) is 11.8 Å². The Morgan fingerprint density at radius 3 is 2.11 bits per heavy atom. The van der Waals surface area contributed by atoms with Gasteiger partial charge in [0.15, 0.2) is 0 Å². The fourth-order valence-electron chi connectivity index (χ4n) is 3.45. The van der Waals surface area contributed by atoms with E-state index in [2.05, 4.69) is 15.8 Å². The molecule has 3 rings (SSSR count). The first-order valence-corrected chi connectivity index (χ1v) is 9.97. The van der Waals surface area contributed by atoms with Gasteiger partial charge in [0.05, 0.1) is 23.7 Å².